The first-order valence-corrected chi connectivity index (χ1v) is 8.46. The third-order valence-corrected chi connectivity index (χ3v) is 4.53. The zero-order valence-electron chi connectivity index (χ0n) is 13.5. The number of benzene rings is 1. The molecule has 1 atom stereocenters. The maximum Gasteiger partial charge on any atom is 0.171 e. The second kappa shape index (κ2) is 7.39. The highest BCUT2D eigenvalue weighted by Crippen LogP contribution is 2.27. The van der Waals surface area contributed by atoms with Crippen molar-refractivity contribution in [1.29, 1.82) is 0 Å². The molecule has 130 valence electrons. The lowest BCUT2D eigenvalue weighted by Gasteiger charge is -2.13. The van der Waals surface area contributed by atoms with Gasteiger partial charge in [0.1, 0.15) is 18.7 Å². The van der Waals surface area contributed by atoms with E-state index in [-0.39, 0.29) is 5.82 Å². The summed E-state index contributed by atoms with van der Waals surface area (Å²) in [7, 11) is 0. The van der Waals surface area contributed by atoms with Crippen molar-refractivity contribution in [3.05, 3.63) is 36.7 Å². The van der Waals surface area contributed by atoms with Crippen LogP contribution in [-0.2, 0) is 11.3 Å². The average molecular weight is 358 g/mol. The van der Waals surface area contributed by atoms with E-state index >= 15 is 0 Å². The van der Waals surface area contributed by atoms with Crippen molar-refractivity contribution in [2.45, 2.75) is 23.9 Å². The molecule has 0 bridgehead atoms. The standard InChI is InChI=1S/C16H17N5O3S/c1-10(15(22)23)25-16-20-12-13(17)18-9-19-14(12)21(16)7-8-24-11-5-3-2-4-6-11/h2-6,9-10H,7-8H2,1H3,(H,22,23)(H2,17,18,19)/p-1/t10-/m1/s1. The second-order valence-corrected chi connectivity index (χ2v) is 6.53. The van der Waals surface area contributed by atoms with Gasteiger partial charge in [-0.25, -0.2) is 15.0 Å². The summed E-state index contributed by atoms with van der Waals surface area (Å²) in [5.41, 5.74) is 6.83. The number of para-hydroxylation sites is 1. The number of ether oxygens (including phenoxy) is 1. The summed E-state index contributed by atoms with van der Waals surface area (Å²) in [6.45, 7) is 2.34. The Labute approximate surface area is 148 Å². The number of nitrogens with two attached hydrogens (primary N) is 1. The van der Waals surface area contributed by atoms with Crippen LogP contribution in [0.4, 0.5) is 5.82 Å². The molecule has 2 heterocycles. The Balaban J connectivity index is 1.85. The van der Waals surface area contributed by atoms with Gasteiger partial charge in [0.15, 0.2) is 22.1 Å². The van der Waals surface area contributed by atoms with Crippen LogP contribution in [0.3, 0.4) is 0 Å². The normalized spacial score (nSPS) is 12.2. The van der Waals surface area contributed by atoms with Crippen LogP contribution >= 0.6 is 11.8 Å². The fraction of sp³-hybridized carbons (Fsp3) is 0.250. The number of aromatic nitrogens is 4. The van der Waals surface area contributed by atoms with Gasteiger partial charge in [0.2, 0.25) is 0 Å². The van der Waals surface area contributed by atoms with Gasteiger partial charge in [-0.1, -0.05) is 30.0 Å². The SMILES string of the molecule is C[C@@H](Sc1nc2c(N)ncnc2n1CCOc1ccccc1)C(=O)[O-]. The smallest absolute Gasteiger partial charge is 0.171 e. The number of thioether (sulfide) groups is 1. The quantitative estimate of drug-likeness (QED) is 0.614. The lowest BCUT2D eigenvalue weighted by Crippen LogP contribution is -2.31. The van der Waals surface area contributed by atoms with E-state index < -0.39 is 11.2 Å². The highest BCUT2D eigenvalue weighted by molar-refractivity contribution is 8.00. The zero-order valence-corrected chi connectivity index (χ0v) is 14.3. The zero-order chi connectivity index (χ0) is 17.8. The van der Waals surface area contributed by atoms with Gasteiger partial charge in [-0.05, 0) is 19.1 Å². The van der Waals surface area contributed by atoms with Gasteiger partial charge in [-0.2, -0.15) is 0 Å². The number of carboxylic acid groups (broad SMARTS) is 1. The fourth-order valence-electron chi connectivity index (χ4n) is 2.20. The van der Waals surface area contributed by atoms with Crippen molar-refractivity contribution in [1.82, 2.24) is 19.5 Å². The van der Waals surface area contributed by atoms with Crippen LogP contribution in [0.2, 0.25) is 0 Å². The van der Waals surface area contributed by atoms with Crippen molar-refractivity contribution in [3.8, 4) is 5.75 Å². The number of nitrogen functional groups attached to an aromatic ring is 1. The number of carbonyl (C=O) groups excluding carboxylic acids is 1. The predicted octanol–water partition coefficient (Wildman–Crippen LogP) is 0.718. The molecule has 3 aromatic rings. The van der Waals surface area contributed by atoms with Crippen LogP contribution in [-0.4, -0.2) is 37.3 Å². The molecule has 9 heteroatoms. The van der Waals surface area contributed by atoms with Gasteiger partial charge in [-0.15, -0.1) is 0 Å². The van der Waals surface area contributed by atoms with Crippen molar-refractivity contribution < 1.29 is 14.6 Å². The van der Waals surface area contributed by atoms with Crippen molar-refractivity contribution in [2.24, 2.45) is 0 Å². The van der Waals surface area contributed by atoms with Gasteiger partial charge in [-0.3, -0.25) is 0 Å². The van der Waals surface area contributed by atoms with E-state index in [4.69, 9.17) is 10.5 Å². The fourth-order valence-corrected chi connectivity index (χ4v) is 3.06. The molecule has 0 saturated heterocycles. The van der Waals surface area contributed by atoms with E-state index in [0.717, 1.165) is 17.5 Å². The van der Waals surface area contributed by atoms with Gasteiger partial charge >= 0.3 is 0 Å². The number of imidazole rings is 1. The first-order chi connectivity index (χ1) is 12.1. The molecule has 1 aromatic carbocycles. The summed E-state index contributed by atoms with van der Waals surface area (Å²) in [6, 6.07) is 9.41. The minimum absolute atomic E-state index is 0.246. The third-order valence-electron chi connectivity index (χ3n) is 3.47. The van der Waals surface area contributed by atoms with Crippen molar-refractivity contribution >= 4 is 34.7 Å². The first kappa shape index (κ1) is 17.0. The molecule has 0 spiro atoms. The number of hydrogen-bond acceptors (Lipinski definition) is 8. The molecule has 3 rings (SSSR count). The van der Waals surface area contributed by atoms with Crippen LogP contribution in [0.5, 0.6) is 5.75 Å². The maximum atomic E-state index is 11.0. The molecule has 0 aliphatic carbocycles. The Morgan fingerprint density at radius 1 is 1.36 bits per heavy atom. The Hall–Kier alpha value is -2.81. The molecule has 0 aliphatic rings. The van der Waals surface area contributed by atoms with Gasteiger partial charge in [0, 0.05) is 5.25 Å². The van der Waals surface area contributed by atoms with Gasteiger partial charge in [0.25, 0.3) is 0 Å². The molecule has 0 amide bonds. The highest BCUT2D eigenvalue weighted by Gasteiger charge is 2.18. The van der Waals surface area contributed by atoms with Crippen LogP contribution in [0.25, 0.3) is 11.2 Å². The first-order valence-electron chi connectivity index (χ1n) is 7.58. The molecule has 2 aromatic heterocycles. The molecule has 0 fully saturated rings. The van der Waals surface area contributed by atoms with E-state index in [1.165, 1.54) is 6.33 Å². The number of anilines is 1. The third kappa shape index (κ3) is 3.82. The van der Waals surface area contributed by atoms with Gasteiger partial charge in [0.05, 0.1) is 12.5 Å². The average Bonchev–Trinajstić information content (AvgIpc) is 2.95. The number of carboxylic acids is 1. The lowest BCUT2D eigenvalue weighted by molar-refractivity contribution is -0.304. The molecule has 0 aliphatic heterocycles. The molecule has 0 radical (unpaired) electrons. The minimum atomic E-state index is -1.16. The molecular weight excluding hydrogens is 342 g/mol. The van der Waals surface area contributed by atoms with E-state index in [1.807, 2.05) is 30.3 Å². The highest BCUT2D eigenvalue weighted by atomic mass is 32.2. The van der Waals surface area contributed by atoms with Crippen LogP contribution in [0.15, 0.2) is 41.8 Å². The summed E-state index contributed by atoms with van der Waals surface area (Å²) in [5.74, 6) is -0.169. The van der Waals surface area contributed by atoms with Crippen LogP contribution in [0, 0.1) is 0 Å². The maximum absolute atomic E-state index is 11.0. The number of hydrogen-bond donors (Lipinski definition) is 1. The topological polar surface area (TPSA) is 119 Å². The molecule has 2 N–H and O–H groups in total. The summed E-state index contributed by atoms with van der Waals surface area (Å²) in [5, 5.41) is 10.8. The van der Waals surface area contributed by atoms with Crippen molar-refractivity contribution in [3.63, 3.8) is 0 Å². The van der Waals surface area contributed by atoms with E-state index in [9.17, 15) is 9.90 Å². The molecule has 8 nitrogen and oxygen atoms in total. The van der Waals surface area contributed by atoms with Crippen LogP contribution in [0.1, 0.15) is 6.92 Å². The molecule has 0 unspecified atom stereocenters. The Morgan fingerprint density at radius 2 is 2.12 bits per heavy atom. The Bertz CT molecular complexity index is 884. The van der Waals surface area contributed by atoms with E-state index in [0.29, 0.717) is 29.5 Å². The number of fused-ring (bicyclic) bond motifs is 1. The van der Waals surface area contributed by atoms with E-state index in [2.05, 4.69) is 15.0 Å². The Morgan fingerprint density at radius 3 is 2.84 bits per heavy atom. The predicted molar refractivity (Wildman–Crippen MR) is 92.0 cm³/mol. The van der Waals surface area contributed by atoms with Gasteiger partial charge < -0.3 is 24.9 Å². The summed E-state index contributed by atoms with van der Waals surface area (Å²) < 4.78 is 7.48. The summed E-state index contributed by atoms with van der Waals surface area (Å²) >= 11 is 1.07. The van der Waals surface area contributed by atoms with Crippen molar-refractivity contribution in [2.75, 3.05) is 12.3 Å². The minimum Gasteiger partial charge on any atom is -0.549 e. The Kier molecular flexibility index (Phi) is 5.03. The van der Waals surface area contributed by atoms with E-state index in [1.54, 1.807) is 11.5 Å². The second-order valence-electron chi connectivity index (χ2n) is 5.22. The largest absolute Gasteiger partial charge is 0.549 e. The molecular formula is C16H16N5O3S-. The number of aliphatic carboxylic acids is 1. The lowest BCUT2D eigenvalue weighted by atomic mass is 10.3. The number of nitrogens with zero attached hydrogens (tertiary/aromatic N) is 4. The van der Waals surface area contributed by atoms with Crippen LogP contribution < -0.4 is 15.6 Å². The molecule has 0 saturated carbocycles. The summed E-state index contributed by atoms with van der Waals surface area (Å²) in [4.78, 5) is 23.6. The monoisotopic (exact) mass is 358 g/mol. The summed E-state index contributed by atoms with van der Waals surface area (Å²) in [6.07, 6.45) is 1.35. The number of carbonyl (C=O) groups is 1. The molecule has 25 heavy (non-hydrogen) atoms. The number of rotatable bonds is 7.